The van der Waals surface area contributed by atoms with E-state index in [1.54, 1.807) is 0 Å². The molecule has 0 spiro atoms. The molecule has 3 nitrogen and oxygen atoms in total. The monoisotopic (exact) mass is 200 g/mol. The molecule has 1 atom stereocenters. The highest BCUT2D eigenvalue weighted by Gasteiger charge is 2.51. The van der Waals surface area contributed by atoms with Crippen molar-refractivity contribution in [3.8, 4) is 0 Å². The minimum Gasteiger partial charge on any atom is -0.363 e. The molecule has 0 aliphatic carbocycles. The van der Waals surface area contributed by atoms with Crippen molar-refractivity contribution < 1.29 is 14.3 Å². The first kappa shape index (κ1) is 10.6. The van der Waals surface area contributed by atoms with Crippen LogP contribution >= 0.6 is 0 Å². The summed E-state index contributed by atoms with van der Waals surface area (Å²) in [4.78, 5) is 22.7. The predicted octanol–water partition coefficient (Wildman–Crippen LogP) is 1.18. The number of aldehydes is 1. The SMILES string of the molecule is C[Si](C)(C)C1(C=O)OCCCC1=O. The smallest absolute Gasteiger partial charge is 0.168 e. The van der Waals surface area contributed by atoms with Crippen LogP contribution in [0.1, 0.15) is 12.8 Å². The van der Waals surface area contributed by atoms with E-state index in [0.717, 1.165) is 12.7 Å². The summed E-state index contributed by atoms with van der Waals surface area (Å²) in [7, 11) is -1.91. The number of hydrogen-bond donors (Lipinski definition) is 0. The molecule has 1 saturated heterocycles. The van der Waals surface area contributed by atoms with E-state index < -0.39 is 13.3 Å². The summed E-state index contributed by atoms with van der Waals surface area (Å²) in [6, 6.07) is 0. The molecule has 0 N–H and O–H groups in total. The summed E-state index contributed by atoms with van der Waals surface area (Å²) < 4.78 is 5.44. The van der Waals surface area contributed by atoms with Gasteiger partial charge in [-0.25, -0.2) is 0 Å². The lowest BCUT2D eigenvalue weighted by Crippen LogP contribution is -2.62. The Balaban J connectivity index is 3.03. The Hall–Kier alpha value is -0.483. The molecule has 1 unspecified atom stereocenters. The Kier molecular flexibility index (Phi) is 2.73. The van der Waals surface area contributed by atoms with Crippen molar-refractivity contribution in [2.24, 2.45) is 0 Å². The summed E-state index contributed by atoms with van der Waals surface area (Å²) in [6.45, 7) is 6.51. The maximum atomic E-state index is 11.7. The van der Waals surface area contributed by atoms with Crippen LogP contribution in [0.2, 0.25) is 19.6 Å². The summed E-state index contributed by atoms with van der Waals surface area (Å²) >= 11 is 0. The molecule has 1 rings (SSSR count). The fourth-order valence-corrected chi connectivity index (χ4v) is 3.49. The van der Waals surface area contributed by atoms with E-state index in [4.69, 9.17) is 4.74 Å². The Morgan fingerprint density at radius 3 is 2.38 bits per heavy atom. The van der Waals surface area contributed by atoms with E-state index in [0.29, 0.717) is 13.0 Å². The number of carbonyl (C=O) groups excluding carboxylic acids is 2. The zero-order chi connectivity index (χ0) is 10.1. The van der Waals surface area contributed by atoms with E-state index in [9.17, 15) is 9.59 Å². The predicted molar refractivity (Wildman–Crippen MR) is 52.3 cm³/mol. The van der Waals surface area contributed by atoms with Gasteiger partial charge in [0.1, 0.15) is 8.07 Å². The van der Waals surface area contributed by atoms with E-state index >= 15 is 0 Å². The summed E-state index contributed by atoms with van der Waals surface area (Å²) in [5.41, 5.74) is 0. The van der Waals surface area contributed by atoms with Crippen molar-refractivity contribution in [2.75, 3.05) is 6.61 Å². The topological polar surface area (TPSA) is 43.4 Å². The van der Waals surface area contributed by atoms with Crippen LogP contribution in [0.5, 0.6) is 0 Å². The Bertz CT molecular complexity index is 232. The standard InChI is InChI=1S/C9H16O3Si/c1-13(2,3)9(7-10)8(11)5-4-6-12-9/h7H,4-6H2,1-3H3. The molecule has 74 valence electrons. The van der Waals surface area contributed by atoms with Gasteiger partial charge in [0.2, 0.25) is 0 Å². The second kappa shape index (κ2) is 3.34. The van der Waals surface area contributed by atoms with E-state index in [2.05, 4.69) is 0 Å². The molecule has 0 aromatic carbocycles. The van der Waals surface area contributed by atoms with Gasteiger partial charge in [0.15, 0.2) is 17.3 Å². The van der Waals surface area contributed by atoms with Crippen LogP contribution in [0.25, 0.3) is 0 Å². The molecule has 0 radical (unpaired) electrons. The molecule has 0 aromatic rings. The third-order valence-electron chi connectivity index (χ3n) is 2.57. The van der Waals surface area contributed by atoms with Gasteiger partial charge in [-0.1, -0.05) is 19.6 Å². The number of hydrogen-bond acceptors (Lipinski definition) is 3. The molecule has 13 heavy (non-hydrogen) atoms. The molecule has 1 aliphatic heterocycles. The maximum absolute atomic E-state index is 11.7. The van der Waals surface area contributed by atoms with Gasteiger partial charge in [0.25, 0.3) is 0 Å². The van der Waals surface area contributed by atoms with Crippen molar-refractivity contribution in [2.45, 2.75) is 37.7 Å². The number of Topliss-reactive ketones (excluding diaryl/α,β-unsaturated/α-hetero) is 1. The van der Waals surface area contributed by atoms with Crippen molar-refractivity contribution in [1.29, 1.82) is 0 Å². The first-order valence-electron chi connectivity index (χ1n) is 4.57. The van der Waals surface area contributed by atoms with E-state index in [1.165, 1.54) is 0 Å². The normalized spacial score (nSPS) is 30.2. The lowest BCUT2D eigenvalue weighted by Gasteiger charge is -2.39. The van der Waals surface area contributed by atoms with Gasteiger partial charge in [-0.05, 0) is 6.42 Å². The Morgan fingerprint density at radius 1 is 1.46 bits per heavy atom. The highest BCUT2D eigenvalue weighted by atomic mass is 28.3. The van der Waals surface area contributed by atoms with Crippen molar-refractivity contribution >= 4 is 20.1 Å². The number of ketones is 1. The van der Waals surface area contributed by atoms with Gasteiger partial charge in [-0.2, -0.15) is 0 Å². The molecule has 0 bridgehead atoms. The third-order valence-corrected chi connectivity index (χ3v) is 5.34. The third kappa shape index (κ3) is 1.60. The molecule has 1 heterocycles. The highest BCUT2D eigenvalue weighted by Crippen LogP contribution is 2.29. The molecular weight excluding hydrogens is 184 g/mol. The summed E-state index contributed by atoms with van der Waals surface area (Å²) in [5, 5.41) is -1.06. The van der Waals surface area contributed by atoms with Crippen LogP contribution in [0.4, 0.5) is 0 Å². The second-order valence-corrected chi connectivity index (χ2v) is 9.72. The van der Waals surface area contributed by atoms with Crippen LogP contribution in [-0.2, 0) is 14.3 Å². The van der Waals surface area contributed by atoms with Crippen LogP contribution in [0.15, 0.2) is 0 Å². The van der Waals surface area contributed by atoms with Crippen LogP contribution in [-0.4, -0.2) is 32.0 Å². The Labute approximate surface area is 79.5 Å². The van der Waals surface area contributed by atoms with Gasteiger partial charge in [-0.3, -0.25) is 9.59 Å². The van der Waals surface area contributed by atoms with Gasteiger partial charge < -0.3 is 4.74 Å². The van der Waals surface area contributed by atoms with E-state index in [-0.39, 0.29) is 5.78 Å². The highest BCUT2D eigenvalue weighted by molar-refractivity contribution is 6.85. The molecular formula is C9H16O3Si. The number of carbonyl (C=O) groups is 2. The number of rotatable bonds is 2. The van der Waals surface area contributed by atoms with E-state index in [1.807, 2.05) is 19.6 Å². The minimum absolute atomic E-state index is 0.0204. The van der Waals surface area contributed by atoms with Crippen molar-refractivity contribution in [3.63, 3.8) is 0 Å². The molecule has 0 saturated carbocycles. The second-order valence-electron chi connectivity index (χ2n) is 4.48. The average molecular weight is 200 g/mol. The van der Waals surface area contributed by atoms with Crippen molar-refractivity contribution in [1.82, 2.24) is 0 Å². The largest absolute Gasteiger partial charge is 0.363 e. The summed E-state index contributed by atoms with van der Waals surface area (Å²) in [5.74, 6) is -0.0204. The zero-order valence-corrected chi connectivity index (χ0v) is 9.42. The molecule has 4 heteroatoms. The number of ether oxygens (including phenoxy) is 1. The maximum Gasteiger partial charge on any atom is 0.168 e. The quantitative estimate of drug-likeness (QED) is 0.382. The molecule has 0 amide bonds. The van der Waals surface area contributed by atoms with Crippen LogP contribution in [0.3, 0.4) is 0 Å². The molecule has 1 aliphatic rings. The lowest BCUT2D eigenvalue weighted by atomic mass is 10.1. The van der Waals surface area contributed by atoms with Gasteiger partial charge in [-0.15, -0.1) is 0 Å². The van der Waals surface area contributed by atoms with Crippen LogP contribution in [0, 0.1) is 0 Å². The Morgan fingerprint density at radius 2 is 2.08 bits per heavy atom. The van der Waals surface area contributed by atoms with Crippen molar-refractivity contribution in [3.05, 3.63) is 0 Å². The van der Waals surface area contributed by atoms with Gasteiger partial charge in [0, 0.05) is 13.0 Å². The summed E-state index contributed by atoms with van der Waals surface area (Å²) in [6.07, 6.45) is 1.96. The van der Waals surface area contributed by atoms with Gasteiger partial charge >= 0.3 is 0 Å². The first-order valence-corrected chi connectivity index (χ1v) is 8.07. The minimum atomic E-state index is -1.91. The first-order chi connectivity index (χ1) is 5.94. The molecule has 0 aromatic heterocycles. The van der Waals surface area contributed by atoms with Crippen LogP contribution < -0.4 is 0 Å². The zero-order valence-electron chi connectivity index (χ0n) is 8.42. The fraction of sp³-hybridized carbons (Fsp3) is 0.778. The lowest BCUT2D eigenvalue weighted by molar-refractivity contribution is -0.147. The molecule has 1 fully saturated rings. The van der Waals surface area contributed by atoms with Gasteiger partial charge in [0.05, 0.1) is 0 Å². The average Bonchev–Trinajstić information content (AvgIpc) is 2.03. The fourth-order valence-electron chi connectivity index (χ4n) is 1.64.